The van der Waals surface area contributed by atoms with Crippen LogP contribution in [-0.4, -0.2) is 24.9 Å². The van der Waals surface area contributed by atoms with Crippen molar-refractivity contribution in [1.29, 1.82) is 0 Å². The molecule has 1 rings (SSSR count). The van der Waals surface area contributed by atoms with Crippen LogP contribution in [0.25, 0.3) is 0 Å². The summed E-state index contributed by atoms with van der Waals surface area (Å²) in [6.07, 6.45) is 2.34. The predicted molar refractivity (Wildman–Crippen MR) is 87.0 cm³/mol. The number of anilines is 1. The van der Waals surface area contributed by atoms with Gasteiger partial charge in [-0.1, -0.05) is 42.6 Å². The van der Waals surface area contributed by atoms with E-state index in [4.69, 9.17) is 23.2 Å². The van der Waals surface area contributed by atoms with Crippen LogP contribution in [0.4, 0.5) is 5.69 Å². The molecule has 4 nitrogen and oxygen atoms in total. The molecule has 0 spiro atoms. The molecule has 0 heterocycles. The number of nitrogens with one attached hydrogen (secondary N) is 1. The first-order valence-corrected chi connectivity index (χ1v) is 7.71. The summed E-state index contributed by atoms with van der Waals surface area (Å²) in [6, 6.07) is 5.08. The highest BCUT2D eigenvalue weighted by Crippen LogP contribution is 2.33. The van der Waals surface area contributed by atoms with Crippen LogP contribution in [0.1, 0.15) is 33.1 Å². The molecule has 0 aromatic heterocycles. The van der Waals surface area contributed by atoms with E-state index in [1.807, 2.05) is 6.92 Å². The van der Waals surface area contributed by atoms with Crippen molar-refractivity contribution in [3.05, 3.63) is 28.2 Å². The highest BCUT2D eigenvalue weighted by atomic mass is 35.5. The Morgan fingerprint density at radius 3 is 2.38 bits per heavy atom. The molecule has 0 unspecified atom stereocenters. The molecule has 2 amide bonds. The Labute approximate surface area is 135 Å². The maximum atomic E-state index is 11.8. The van der Waals surface area contributed by atoms with Gasteiger partial charge >= 0.3 is 0 Å². The van der Waals surface area contributed by atoms with E-state index in [0.717, 1.165) is 12.8 Å². The molecular weight excluding hydrogens is 311 g/mol. The van der Waals surface area contributed by atoms with E-state index in [2.05, 4.69) is 5.32 Å². The summed E-state index contributed by atoms with van der Waals surface area (Å²) in [5, 5.41) is 3.62. The zero-order valence-corrected chi connectivity index (χ0v) is 13.8. The second-order valence-corrected chi connectivity index (χ2v) is 5.51. The lowest BCUT2D eigenvalue weighted by Gasteiger charge is -2.23. The minimum Gasteiger partial charge on any atom is -0.354 e. The SMILES string of the molecule is CCCCC(=O)NCCN(C(C)=O)c1c(Cl)cccc1Cl. The fourth-order valence-corrected chi connectivity index (χ4v) is 2.51. The number of hydrogen-bond donors (Lipinski definition) is 1. The van der Waals surface area contributed by atoms with Crippen molar-refractivity contribution in [2.24, 2.45) is 0 Å². The van der Waals surface area contributed by atoms with Gasteiger partial charge in [0.05, 0.1) is 15.7 Å². The minimum atomic E-state index is -0.173. The Bertz CT molecular complexity index is 486. The average Bonchev–Trinajstić information content (AvgIpc) is 2.42. The van der Waals surface area contributed by atoms with Gasteiger partial charge in [0.1, 0.15) is 0 Å². The van der Waals surface area contributed by atoms with E-state index in [1.165, 1.54) is 11.8 Å². The molecule has 1 aromatic carbocycles. The van der Waals surface area contributed by atoms with Crippen molar-refractivity contribution in [2.75, 3.05) is 18.0 Å². The largest absolute Gasteiger partial charge is 0.354 e. The number of halogens is 2. The van der Waals surface area contributed by atoms with Crippen LogP contribution in [0, 0.1) is 0 Å². The van der Waals surface area contributed by atoms with Gasteiger partial charge in [-0.05, 0) is 18.6 Å². The van der Waals surface area contributed by atoms with E-state index in [1.54, 1.807) is 18.2 Å². The number of para-hydroxylation sites is 1. The third-order valence-corrected chi connectivity index (χ3v) is 3.61. The Morgan fingerprint density at radius 2 is 1.86 bits per heavy atom. The highest BCUT2D eigenvalue weighted by Gasteiger charge is 2.17. The van der Waals surface area contributed by atoms with Gasteiger partial charge in [-0.3, -0.25) is 9.59 Å². The van der Waals surface area contributed by atoms with Gasteiger partial charge in [-0.2, -0.15) is 0 Å². The van der Waals surface area contributed by atoms with E-state index >= 15 is 0 Å². The van der Waals surface area contributed by atoms with Gasteiger partial charge in [0.25, 0.3) is 0 Å². The number of unbranched alkanes of at least 4 members (excludes halogenated alkanes) is 1. The molecule has 0 atom stereocenters. The average molecular weight is 331 g/mol. The normalized spacial score (nSPS) is 10.3. The van der Waals surface area contributed by atoms with Gasteiger partial charge in [-0.25, -0.2) is 0 Å². The zero-order valence-electron chi connectivity index (χ0n) is 12.3. The number of rotatable bonds is 7. The molecule has 0 saturated carbocycles. The second-order valence-electron chi connectivity index (χ2n) is 4.69. The van der Waals surface area contributed by atoms with Crippen molar-refractivity contribution < 1.29 is 9.59 Å². The molecule has 1 aromatic rings. The number of benzene rings is 1. The van der Waals surface area contributed by atoms with E-state index in [-0.39, 0.29) is 11.8 Å². The summed E-state index contributed by atoms with van der Waals surface area (Å²) in [6.45, 7) is 4.17. The molecule has 0 radical (unpaired) electrons. The molecule has 0 fully saturated rings. The van der Waals surface area contributed by atoms with Gasteiger partial charge in [0.2, 0.25) is 11.8 Å². The second kappa shape index (κ2) is 8.90. The van der Waals surface area contributed by atoms with Gasteiger partial charge in [0, 0.05) is 26.4 Å². The van der Waals surface area contributed by atoms with Gasteiger partial charge in [-0.15, -0.1) is 0 Å². The Balaban J connectivity index is 2.67. The summed E-state index contributed by atoms with van der Waals surface area (Å²) in [4.78, 5) is 24.8. The number of carbonyl (C=O) groups is 2. The molecule has 116 valence electrons. The molecule has 1 N–H and O–H groups in total. The van der Waals surface area contributed by atoms with Crippen LogP contribution in [-0.2, 0) is 9.59 Å². The first kappa shape index (κ1) is 17.8. The lowest BCUT2D eigenvalue weighted by molar-refractivity contribution is -0.121. The Morgan fingerprint density at radius 1 is 1.24 bits per heavy atom. The molecular formula is C15H20Cl2N2O2. The lowest BCUT2D eigenvalue weighted by Crippen LogP contribution is -2.37. The first-order chi connectivity index (χ1) is 9.97. The molecule has 0 aliphatic carbocycles. The topological polar surface area (TPSA) is 49.4 Å². The number of hydrogen-bond acceptors (Lipinski definition) is 2. The number of nitrogens with zero attached hydrogens (tertiary/aromatic N) is 1. The maximum Gasteiger partial charge on any atom is 0.224 e. The van der Waals surface area contributed by atoms with E-state index in [0.29, 0.717) is 35.2 Å². The van der Waals surface area contributed by atoms with Crippen LogP contribution >= 0.6 is 23.2 Å². The van der Waals surface area contributed by atoms with Crippen LogP contribution in [0.5, 0.6) is 0 Å². The quantitative estimate of drug-likeness (QED) is 0.829. The first-order valence-electron chi connectivity index (χ1n) is 6.96. The minimum absolute atomic E-state index is 0.00870. The fourth-order valence-electron chi connectivity index (χ4n) is 1.91. The molecule has 0 aliphatic heterocycles. The monoisotopic (exact) mass is 330 g/mol. The van der Waals surface area contributed by atoms with Crippen molar-refractivity contribution in [3.63, 3.8) is 0 Å². The van der Waals surface area contributed by atoms with E-state index in [9.17, 15) is 9.59 Å². The Hall–Kier alpha value is -1.26. The number of amides is 2. The van der Waals surface area contributed by atoms with Crippen LogP contribution < -0.4 is 10.2 Å². The zero-order chi connectivity index (χ0) is 15.8. The highest BCUT2D eigenvalue weighted by molar-refractivity contribution is 6.39. The van der Waals surface area contributed by atoms with Crippen molar-refractivity contribution in [2.45, 2.75) is 33.1 Å². The van der Waals surface area contributed by atoms with Crippen LogP contribution in [0.3, 0.4) is 0 Å². The molecule has 0 bridgehead atoms. The lowest BCUT2D eigenvalue weighted by atomic mass is 10.2. The summed E-state index contributed by atoms with van der Waals surface area (Å²) in [5.74, 6) is -0.182. The predicted octanol–water partition coefficient (Wildman–Crippen LogP) is 3.65. The molecule has 21 heavy (non-hydrogen) atoms. The smallest absolute Gasteiger partial charge is 0.224 e. The van der Waals surface area contributed by atoms with Gasteiger partial charge in [0.15, 0.2) is 0 Å². The van der Waals surface area contributed by atoms with Crippen molar-refractivity contribution >= 4 is 40.7 Å². The molecule has 0 aliphatic rings. The third kappa shape index (κ3) is 5.56. The van der Waals surface area contributed by atoms with Crippen molar-refractivity contribution in [3.8, 4) is 0 Å². The maximum absolute atomic E-state index is 11.8. The molecule has 6 heteroatoms. The fraction of sp³-hybridized carbons (Fsp3) is 0.467. The Kier molecular flexibility index (Phi) is 7.54. The third-order valence-electron chi connectivity index (χ3n) is 3.00. The summed E-state index contributed by atoms with van der Waals surface area (Å²) < 4.78 is 0. The van der Waals surface area contributed by atoms with Gasteiger partial charge < -0.3 is 10.2 Å². The van der Waals surface area contributed by atoms with Crippen molar-refractivity contribution in [1.82, 2.24) is 5.32 Å². The van der Waals surface area contributed by atoms with Crippen LogP contribution in [0.15, 0.2) is 18.2 Å². The summed E-state index contributed by atoms with van der Waals surface area (Å²) in [5.41, 5.74) is 0.483. The summed E-state index contributed by atoms with van der Waals surface area (Å²) in [7, 11) is 0. The molecule has 0 saturated heterocycles. The number of carbonyl (C=O) groups excluding carboxylic acids is 2. The summed E-state index contributed by atoms with van der Waals surface area (Å²) >= 11 is 12.2. The standard InChI is InChI=1S/C15H20Cl2N2O2/c1-3-4-8-14(21)18-9-10-19(11(2)20)15-12(16)6-5-7-13(15)17/h5-7H,3-4,8-10H2,1-2H3,(H,18,21). The van der Waals surface area contributed by atoms with E-state index < -0.39 is 0 Å². The van der Waals surface area contributed by atoms with Crippen LogP contribution in [0.2, 0.25) is 10.0 Å².